The zero-order chi connectivity index (χ0) is 17.5. The van der Waals surface area contributed by atoms with Gasteiger partial charge in [0, 0.05) is 6.04 Å². The molecule has 0 amide bonds. The molecule has 0 aliphatic heterocycles. The molecule has 0 saturated heterocycles. The Balaban J connectivity index is 3.86. The predicted octanol–water partition coefficient (Wildman–Crippen LogP) is 5.15. The molecule has 0 saturated carbocycles. The first-order valence-corrected chi connectivity index (χ1v) is 5.84. The lowest BCUT2D eigenvalue weighted by Crippen LogP contribution is -2.24. The lowest BCUT2D eigenvalue weighted by atomic mass is 9.91. The van der Waals surface area contributed by atoms with Crippen LogP contribution in [0.4, 0.5) is 39.5 Å². The Morgan fingerprint density at radius 2 is 1.36 bits per heavy atom. The van der Waals surface area contributed by atoms with E-state index in [0.717, 1.165) is 0 Å². The van der Waals surface area contributed by atoms with E-state index in [1.54, 1.807) is 0 Å². The van der Waals surface area contributed by atoms with Crippen LogP contribution in [-0.4, -0.2) is 0 Å². The van der Waals surface area contributed by atoms with Gasteiger partial charge in [-0.05, 0) is 24.1 Å². The highest BCUT2D eigenvalue weighted by atomic mass is 19.4. The molecule has 1 aromatic rings. The van der Waals surface area contributed by atoms with Gasteiger partial charge in [-0.1, -0.05) is 6.92 Å². The molecule has 0 aliphatic rings. The number of alkyl halides is 9. The van der Waals surface area contributed by atoms with Crippen molar-refractivity contribution in [3.05, 3.63) is 34.4 Å². The van der Waals surface area contributed by atoms with Crippen LogP contribution in [0.15, 0.2) is 12.1 Å². The molecule has 1 aromatic carbocycles. The predicted molar refractivity (Wildman–Crippen MR) is 58.7 cm³/mol. The summed E-state index contributed by atoms with van der Waals surface area (Å²) in [5, 5.41) is 0. The van der Waals surface area contributed by atoms with E-state index in [0.29, 0.717) is 0 Å². The molecule has 22 heavy (non-hydrogen) atoms. The van der Waals surface area contributed by atoms with Crippen molar-refractivity contribution >= 4 is 0 Å². The highest BCUT2D eigenvalue weighted by molar-refractivity contribution is 5.45. The van der Waals surface area contributed by atoms with Gasteiger partial charge in [0.15, 0.2) is 0 Å². The molecular weight excluding hydrogens is 329 g/mol. The maximum absolute atomic E-state index is 12.9. The van der Waals surface area contributed by atoms with Gasteiger partial charge < -0.3 is 5.73 Å². The van der Waals surface area contributed by atoms with Crippen LogP contribution in [0.3, 0.4) is 0 Å². The Labute approximate surface area is 118 Å². The minimum absolute atomic E-state index is 0.0201. The Morgan fingerprint density at radius 3 is 1.68 bits per heavy atom. The summed E-state index contributed by atoms with van der Waals surface area (Å²) < 4.78 is 115. The molecule has 0 aliphatic carbocycles. The van der Waals surface area contributed by atoms with Crippen molar-refractivity contribution in [3.63, 3.8) is 0 Å². The number of halogens is 9. The zero-order valence-corrected chi connectivity index (χ0v) is 10.9. The van der Waals surface area contributed by atoms with Crippen molar-refractivity contribution in [1.29, 1.82) is 0 Å². The quantitative estimate of drug-likeness (QED) is 0.741. The molecular formula is C12H10F9N. The summed E-state index contributed by atoms with van der Waals surface area (Å²) in [7, 11) is 0. The first-order chi connectivity index (χ1) is 9.69. The summed E-state index contributed by atoms with van der Waals surface area (Å²) in [6.07, 6.45) is -16.6. The molecule has 1 nitrogen and oxygen atoms in total. The molecule has 0 aromatic heterocycles. The Kier molecular flexibility index (Phi) is 4.76. The normalized spacial score (nSPS) is 15.0. The van der Waals surface area contributed by atoms with Crippen LogP contribution >= 0.6 is 0 Å². The summed E-state index contributed by atoms with van der Waals surface area (Å²) in [6, 6.07) is -2.14. The van der Waals surface area contributed by atoms with Gasteiger partial charge >= 0.3 is 18.5 Å². The van der Waals surface area contributed by atoms with Crippen molar-refractivity contribution in [2.45, 2.75) is 37.9 Å². The summed E-state index contributed by atoms with van der Waals surface area (Å²) in [5.74, 6) is 0. The van der Waals surface area contributed by atoms with Gasteiger partial charge in [0.1, 0.15) is 0 Å². The number of rotatable bonds is 2. The van der Waals surface area contributed by atoms with E-state index in [2.05, 4.69) is 0 Å². The van der Waals surface area contributed by atoms with E-state index in [1.807, 2.05) is 0 Å². The van der Waals surface area contributed by atoms with E-state index in [4.69, 9.17) is 5.73 Å². The van der Waals surface area contributed by atoms with Crippen LogP contribution in [0.25, 0.3) is 0 Å². The average molecular weight is 339 g/mol. The summed E-state index contributed by atoms with van der Waals surface area (Å²) >= 11 is 0. The Hall–Kier alpha value is -1.45. The molecule has 1 unspecified atom stereocenters. The largest absolute Gasteiger partial charge is 0.417 e. The fourth-order valence-corrected chi connectivity index (χ4v) is 1.88. The third kappa shape index (κ3) is 3.84. The van der Waals surface area contributed by atoms with Crippen LogP contribution in [0.5, 0.6) is 0 Å². The summed E-state index contributed by atoms with van der Waals surface area (Å²) in [6.45, 7) is 1.25. The molecule has 0 fully saturated rings. The minimum Gasteiger partial charge on any atom is -0.324 e. The molecule has 2 N–H and O–H groups in total. The standard InChI is InChI=1S/C12H10F9N/c1-2-8(22)6-3-5(10(13,14)15)4-7(11(16,17)18)9(6)12(19,20)21/h3-4,8H,2,22H2,1H3. The zero-order valence-electron chi connectivity index (χ0n) is 10.9. The maximum Gasteiger partial charge on any atom is 0.417 e. The molecule has 0 radical (unpaired) electrons. The van der Waals surface area contributed by atoms with E-state index >= 15 is 0 Å². The fourth-order valence-electron chi connectivity index (χ4n) is 1.88. The second-order valence-electron chi connectivity index (χ2n) is 4.50. The van der Waals surface area contributed by atoms with E-state index in [1.165, 1.54) is 6.92 Å². The van der Waals surface area contributed by atoms with Gasteiger partial charge in [-0.2, -0.15) is 39.5 Å². The SMILES string of the molecule is CCC(N)c1cc(C(F)(F)F)cc(C(F)(F)F)c1C(F)(F)F. The fraction of sp³-hybridized carbons (Fsp3) is 0.500. The van der Waals surface area contributed by atoms with E-state index in [-0.39, 0.29) is 12.5 Å². The van der Waals surface area contributed by atoms with E-state index < -0.39 is 52.9 Å². The van der Waals surface area contributed by atoms with Crippen molar-refractivity contribution in [1.82, 2.24) is 0 Å². The van der Waals surface area contributed by atoms with Gasteiger partial charge in [0.25, 0.3) is 0 Å². The van der Waals surface area contributed by atoms with Gasteiger partial charge in [-0.15, -0.1) is 0 Å². The van der Waals surface area contributed by atoms with Crippen LogP contribution in [0, 0.1) is 0 Å². The highest BCUT2D eigenvalue weighted by Crippen LogP contribution is 2.46. The number of benzene rings is 1. The number of nitrogens with two attached hydrogens (primary N) is 1. The molecule has 0 spiro atoms. The Morgan fingerprint density at radius 1 is 0.864 bits per heavy atom. The lowest BCUT2D eigenvalue weighted by Gasteiger charge is -2.24. The summed E-state index contributed by atoms with van der Waals surface area (Å²) in [5.41, 5.74) is -2.34. The van der Waals surface area contributed by atoms with Crippen LogP contribution in [-0.2, 0) is 18.5 Å². The van der Waals surface area contributed by atoms with Crippen LogP contribution < -0.4 is 5.73 Å². The monoisotopic (exact) mass is 339 g/mol. The van der Waals surface area contributed by atoms with Crippen molar-refractivity contribution in [2.75, 3.05) is 0 Å². The Bertz CT molecular complexity index is 539. The van der Waals surface area contributed by atoms with Gasteiger partial charge in [-0.3, -0.25) is 0 Å². The van der Waals surface area contributed by atoms with E-state index in [9.17, 15) is 39.5 Å². The maximum atomic E-state index is 12.9. The third-order valence-corrected chi connectivity index (χ3v) is 2.92. The van der Waals surface area contributed by atoms with Crippen molar-refractivity contribution in [3.8, 4) is 0 Å². The van der Waals surface area contributed by atoms with Crippen molar-refractivity contribution < 1.29 is 39.5 Å². The molecule has 1 atom stereocenters. The third-order valence-electron chi connectivity index (χ3n) is 2.92. The molecule has 1 rings (SSSR count). The van der Waals surface area contributed by atoms with Gasteiger partial charge in [-0.25, -0.2) is 0 Å². The lowest BCUT2D eigenvalue weighted by molar-refractivity contribution is -0.164. The minimum atomic E-state index is -5.60. The first-order valence-electron chi connectivity index (χ1n) is 5.84. The van der Waals surface area contributed by atoms with Crippen LogP contribution in [0.2, 0.25) is 0 Å². The average Bonchev–Trinajstić information content (AvgIpc) is 2.32. The van der Waals surface area contributed by atoms with Gasteiger partial charge in [0.05, 0.1) is 16.7 Å². The highest BCUT2D eigenvalue weighted by Gasteiger charge is 2.47. The van der Waals surface area contributed by atoms with Crippen LogP contribution in [0.1, 0.15) is 41.6 Å². The summed E-state index contributed by atoms with van der Waals surface area (Å²) in [4.78, 5) is 0. The second-order valence-corrected chi connectivity index (χ2v) is 4.50. The van der Waals surface area contributed by atoms with Gasteiger partial charge in [0.2, 0.25) is 0 Å². The first kappa shape index (κ1) is 18.6. The number of hydrogen-bond acceptors (Lipinski definition) is 1. The molecule has 10 heteroatoms. The molecule has 126 valence electrons. The topological polar surface area (TPSA) is 26.0 Å². The molecule has 0 heterocycles. The molecule has 0 bridgehead atoms. The van der Waals surface area contributed by atoms with Crippen molar-refractivity contribution in [2.24, 2.45) is 5.73 Å². The smallest absolute Gasteiger partial charge is 0.324 e. The number of hydrogen-bond donors (Lipinski definition) is 1. The second kappa shape index (κ2) is 5.64.